The molecule has 1 fully saturated rings. The Morgan fingerprint density at radius 2 is 1.88 bits per heavy atom. The van der Waals surface area contributed by atoms with Gasteiger partial charge in [-0.05, 0) is 26.2 Å². The van der Waals surface area contributed by atoms with Gasteiger partial charge in [-0.25, -0.2) is 9.97 Å². The molecule has 1 saturated carbocycles. The molecule has 0 amide bonds. The van der Waals surface area contributed by atoms with E-state index in [2.05, 4.69) is 34.4 Å². The van der Waals surface area contributed by atoms with Crippen molar-refractivity contribution in [3.05, 3.63) is 11.9 Å². The zero-order chi connectivity index (χ0) is 12.1. The molecule has 2 N–H and O–H groups in total. The normalized spacial score (nSPS) is 14.7. The first-order valence-electron chi connectivity index (χ1n) is 6.70. The Labute approximate surface area is 103 Å². The van der Waals surface area contributed by atoms with Gasteiger partial charge in [-0.2, -0.15) is 0 Å². The van der Waals surface area contributed by atoms with Crippen molar-refractivity contribution < 1.29 is 0 Å². The van der Waals surface area contributed by atoms with Crippen molar-refractivity contribution >= 4 is 11.6 Å². The molecule has 4 heteroatoms. The summed E-state index contributed by atoms with van der Waals surface area (Å²) >= 11 is 0. The second kappa shape index (κ2) is 5.84. The molecule has 0 unspecified atom stereocenters. The molecule has 0 aromatic carbocycles. The van der Waals surface area contributed by atoms with Crippen LogP contribution in [0.2, 0.25) is 0 Å². The monoisotopic (exact) mass is 234 g/mol. The Hall–Kier alpha value is -1.32. The highest BCUT2D eigenvalue weighted by Gasteiger charge is 2.27. The fourth-order valence-electron chi connectivity index (χ4n) is 1.75. The first-order chi connectivity index (χ1) is 8.33. The minimum Gasteiger partial charge on any atom is -0.370 e. The quantitative estimate of drug-likeness (QED) is 0.712. The van der Waals surface area contributed by atoms with Gasteiger partial charge in [-0.3, -0.25) is 0 Å². The van der Waals surface area contributed by atoms with Crippen molar-refractivity contribution in [1.29, 1.82) is 0 Å². The molecule has 1 aliphatic rings. The summed E-state index contributed by atoms with van der Waals surface area (Å²) in [6.45, 7) is 6.17. The maximum absolute atomic E-state index is 4.59. The Morgan fingerprint density at radius 1 is 1.18 bits per heavy atom. The summed E-state index contributed by atoms with van der Waals surface area (Å²) in [6.07, 6.45) is 4.86. The molecule has 0 radical (unpaired) electrons. The van der Waals surface area contributed by atoms with Gasteiger partial charge in [0.05, 0.1) is 0 Å². The number of aromatic nitrogens is 2. The second-order valence-corrected chi connectivity index (χ2v) is 4.58. The third-order valence-corrected chi connectivity index (χ3v) is 2.88. The van der Waals surface area contributed by atoms with Crippen LogP contribution < -0.4 is 10.6 Å². The van der Waals surface area contributed by atoms with Gasteiger partial charge in [0.25, 0.3) is 0 Å². The lowest BCUT2D eigenvalue weighted by molar-refractivity contribution is 0.826. The lowest BCUT2D eigenvalue weighted by Crippen LogP contribution is -2.08. The van der Waals surface area contributed by atoms with Crippen LogP contribution in [-0.4, -0.2) is 23.1 Å². The topological polar surface area (TPSA) is 49.8 Å². The van der Waals surface area contributed by atoms with Crippen LogP contribution in [0, 0.1) is 0 Å². The second-order valence-electron chi connectivity index (χ2n) is 4.58. The third kappa shape index (κ3) is 3.58. The summed E-state index contributed by atoms with van der Waals surface area (Å²) in [5.74, 6) is 3.51. The SMILES string of the molecule is CCCCNc1cc(NCC)nc(C2CC2)n1. The number of rotatable bonds is 7. The molecule has 4 nitrogen and oxygen atoms in total. The van der Waals surface area contributed by atoms with Gasteiger partial charge in [0.1, 0.15) is 17.5 Å². The third-order valence-electron chi connectivity index (χ3n) is 2.88. The number of anilines is 2. The molecule has 0 spiro atoms. The lowest BCUT2D eigenvalue weighted by Gasteiger charge is -2.10. The fourth-order valence-corrected chi connectivity index (χ4v) is 1.75. The molecule has 0 aliphatic heterocycles. The molecule has 1 aliphatic carbocycles. The molecule has 1 heterocycles. The zero-order valence-corrected chi connectivity index (χ0v) is 10.8. The van der Waals surface area contributed by atoms with Gasteiger partial charge in [-0.1, -0.05) is 13.3 Å². The van der Waals surface area contributed by atoms with E-state index in [9.17, 15) is 0 Å². The van der Waals surface area contributed by atoms with Gasteiger partial charge in [0.2, 0.25) is 0 Å². The first-order valence-corrected chi connectivity index (χ1v) is 6.70. The molecule has 1 aromatic rings. The summed E-state index contributed by atoms with van der Waals surface area (Å²) in [5, 5.41) is 6.65. The predicted octanol–water partition coefficient (Wildman–Crippen LogP) is 3.00. The van der Waals surface area contributed by atoms with E-state index in [4.69, 9.17) is 0 Å². The van der Waals surface area contributed by atoms with Gasteiger partial charge in [0.15, 0.2) is 0 Å². The highest BCUT2D eigenvalue weighted by Crippen LogP contribution is 2.38. The molecular formula is C13H22N4. The first kappa shape index (κ1) is 12.1. The van der Waals surface area contributed by atoms with Gasteiger partial charge in [-0.15, -0.1) is 0 Å². The number of hydrogen-bond donors (Lipinski definition) is 2. The summed E-state index contributed by atoms with van der Waals surface area (Å²) in [6, 6.07) is 2.00. The van der Waals surface area contributed by atoms with Crippen LogP contribution in [-0.2, 0) is 0 Å². The van der Waals surface area contributed by atoms with Crippen LogP contribution in [0.1, 0.15) is 51.3 Å². The van der Waals surface area contributed by atoms with Crippen LogP contribution in [0.4, 0.5) is 11.6 Å². The van der Waals surface area contributed by atoms with E-state index in [0.717, 1.165) is 30.5 Å². The van der Waals surface area contributed by atoms with Crippen molar-refractivity contribution in [1.82, 2.24) is 9.97 Å². The van der Waals surface area contributed by atoms with Crippen molar-refractivity contribution in [2.75, 3.05) is 23.7 Å². The van der Waals surface area contributed by atoms with E-state index in [1.807, 2.05) is 6.07 Å². The average molecular weight is 234 g/mol. The molecule has 0 atom stereocenters. The smallest absolute Gasteiger partial charge is 0.136 e. The summed E-state index contributed by atoms with van der Waals surface area (Å²) in [5.41, 5.74) is 0. The van der Waals surface area contributed by atoms with Crippen molar-refractivity contribution in [2.45, 2.75) is 45.4 Å². The Bertz CT molecular complexity index is 360. The van der Waals surface area contributed by atoms with E-state index in [1.54, 1.807) is 0 Å². The standard InChI is InChI=1S/C13H22N4/c1-3-5-8-15-12-9-11(14-4-2)16-13(17-12)10-6-7-10/h9-10H,3-8H2,1-2H3,(H2,14,15,16,17). The largest absolute Gasteiger partial charge is 0.370 e. The van der Waals surface area contributed by atoms with Crippen molar-refractivity contribution in [3.8, 4) is 0 Å². The van der Waals surface area contributed by atoms with Crippen LogP contribution in [0.25, 0.3) is 0 Å². The Balaban J connectivity index is 2.06. The Morgan fingerprint density at radius 3 is 2.47 bits per heavy atom. The summed E-state index contributed by atoms with van der Waals surface area (Å²) in [7, 11) is 0. The Kier molecular flexibility index (Phi) is 4.18. The number of unbranched alkanes of at least 4 members (excludes halogenated alkanes) is 1. The molecule has 2 rings (SSSR count). The van der Waals surface area contributed by atoms with E-state index in [0.29, 0.717) is 5.92 Å². The van der Waals surface area contributed by atoms with Crippen LogP contribution in [0.15, 0.2) is 6.07 Å². The molecule has 94 valence electrons. The number of hydrogen-bond acceptors (Lipinski definition) is 4. The number of nitrogens with zero attached hydrogens (tertiary/aromatic N) is 2. The van der Waals surface area contributed by atoms with Gasteiger partial charge in [0, 0.05) is 25.1 Å². The summed E-state index contributed by atoms with van der Waals surface area (Å²) in [4.78, 5) is 9.14. The molecule has 1 aromatic heterocycles. The summed E-state index contributed by atoms with van der Waals surface area (Å²) < 4.78 is 0. The number of nitrogens with one attached hydrogen (secondary N) is 2. The minimum atomic E-state index is 0.598. The predicted molar refractivity (Wildman–Crippen MR) is 71.6 cm³/mol. The van der Waals surface area contributed by atoms with Gasteiger partial charge >= 0.3 is 0 Å². The van der Waals surface area contributed by atoms with Crippen LogP contribution in [0.3, 0.4) is 0 Å². The highest BCUT2D eigenvalue weighted by molar-refractivity contribution is 5.48. The minimum absolute atomic E-state index is 0.598. The molecular weight excluding hydrogens is 212 g/mol. The molecule has 0 bridgehead atoms. The van der Waals surface area contributed by atoms with Crippen LogP contribution >= 0.6 is 0 Å². The molecule has 0 saturated heterocycles. The van der Waals surface area contributed by atoms with Crippen molar-refractivity contribution in [3.63, 3.8) is 0 Å². The van der Waals surface area contributed by atoms with E-state index < -0.39 is 0 Å². The fraction of sp³-hybridized carbons (Fsp3) is 0.692. The average Bonchev–Trinajstić information content (AvgIpc) is 3.13. The van der Waals surface area contributed by atoms with Gasteiger partial charge < -0.3 is 10.6 Å². The maximum atomic E-state index is 4.59. The van der Waals surface area contributed by atoms with Crippen LogP contribution in [0.5, 0.6) is 0 Å². The van der Waals surface area contributed by atoms with E-state index >= 15 is 0 Å². The molecule has 17 heavy (non-hydrogen) atoms. The lowest BCUT2D eigenvalue weighted by atomic mass is 10.3. The highest BCUT2D eigenvalue weighted by atomic mass is 15.1. The van der Waals surface area contributed by atoms with E-state index in [1.165, 1.54) is 25.7 Å². The zero-order valence-electron chi connectivity index (χ0n) is 10.8. The maximum Gasteiger partial charge on any atom is 0.136 e. The van der Waals surface area contributed by atoms with E-state index in [-0.39, 0.29) is 0 Å². The van der Waals surface area contributed by atoms with Crippen molar-refractivity contribution in [2.24, 2.45) is 0 Å².